The van der Waals surface area contributed by atoms with Gasteiger partial charge in [-0.1, -0.05) is 12.1 Å². The third kappa shape index (κ3) is 3.36. The lowest BCUT2D eigenvalue weighted by Gasteiger charge is -1.98. The molecule has 0 bridgehead atoms. The number of benzene rings is 1. The van der Waals surface area contributed by atoms with E-state index in [1.54, 1.807) is 18.2 Å². The van der Waals surface area contributed by atoms with Crippen LogP contribution in [0.3, 0.4) is 0 Å². The van der Waals surface area contributed by atoms with Crippen molar-refractivity contribution < 1.29 is 9.18 Å². The Bertz CT molecular complexity index is 351. The Morgan fingerprint density at radius 3 is 2.57 bits per heavy atom. The van der Waals surface area contributed by atoms with Crippen molar-refractivity contribution in [2.24, 2.45) is 0 Å². The normalized spacial score (nSPS) is 9.43. The smallest absolute Gasteiger partial charge is 0.147 e. The molecule has 0 saturated carbocycles. The Hall–Kier alpha value is -1.69. The standard InChI is InChI=1S/C11H10FNO/c12-10-4-1-9(2-5-10)3-6-11(14)7-8-13/h1-2,4-5H,3,6-7H2. The van der Waals surface area contributed by atoms with Crippen molar-refractivity contribution in [2.75, 3.05) is 0 Å². The minimum atomic E-state index is -0.280. The van der Waals surface area contributed by atoms with E-state index in [1.807, 2.05) is 0 Å². The zero-order valence-corrected chi connectivity index (χ0v) is 7.66. The Balaban J connectivity index is 2.43. The molecule has 0 amide bonds. The maximum Gasteiger partial charge on any atom is 0.147 e. The van der Waals surface area contributed by atoms with Gasteiger partial charge in [-0.15, -0.1) is 0 Å². The number of hydrogen-bond acceptors (Lipinski definition) is 2. The first-order chi connectivity index (χ1) is 6.72. The average Bonchev–Trinajstić information content (AvgIpc) is 2.17. The van der Waals surface area contributed by atoms with Crippen LogP contribution in [0, 0.1) is 17.1 Å². The summed E-state index contributed by atoms with van der Waals surface area (Å²) in [6.07, 6.45) is 0.876. The van der Waals surface area contributed by atoms with E-state index in [-0.39, 0.29) is 18.0 Å². The first-order valence-electron chi connectivity index (χ1n) is 4.35. The molecule has 1 aromatic carbocycles. The molecular formula is C11H10FNO. The quantitative estimate of drug-likeness (QED) is 0.732. The minimum absolute atomic E-state index is 0.0405. The van der Waals surface area contributed by atoms with Gasteiger partial charge < -0.3 is 0 Å². The van der Waals surface area contributed by atoms with Crippen molar-refractivity contribution in [3.05, 3.63) is 35.6 Å². The van der Waals surface area contributed by atoms with Crippen molar-refractivity contribution in [3.8, 4) is 6.07 Å². The van der Waals surface area contributed by atoms with Crippen LogP contribution in [-0.4, -0.2) is 5.78 Å². The van der Waals surface area contributed by atoms with Gasteiger partial charge in [0.1, 0.15) is 11.6 Å². The number of Topliss-reactive ketones (excluding diaryl/α,β-unsaturated/α-hetero) is 1. The fraction of sp³-hybridized carbons (Fsp3) is 0.273. The number of halogens is 1. The lowest BCUT2D eigenvalue weighted by Crippen LogP contribution is -1.98. The summed E-state index contributed by atoms with van der Waals surface area (Å²) in [7, 11) is 0. The Kier molecular flexibility index (Phi) is 3.81. The van der Waals surface area contributed by atoms with Crippen LogP contribution in [0.15, 0.2) is 24.3 Å². The van der Waals surface area contributed by atoms with Crippen molar-refractivity contribution in [1.29, 1.82) is 5.26 Å². The van der Waals surface area contributed by atoms with E-state index < -0.39 is 0 Å². The number of hydrogen-bond donors (Lipinski definition) is 0. The highest BCUT2D eigenvalue weighted by Gasteiger charge is 2.01. The third-order valence-corrected chi connectivity index (χ3v) is 1.88. The molecule has 0 radical (unpaired) electrons. The highest BCUT2D eigenvalue weighted by atomic mass is 19.1. The number of ketones is 1. The average molecular weight is 191 g/mol. The van der Waals surface area contributed by atoms with Gasteiger partial charge in [-0.3, -0.25) is 4.79 Å². The van der Waals surface area contributed by atoms with E-state index in [9.17, 15) is 9.18 Å². The van der Waals surface area contributed by atoms with Gasteiger partial charge in [0.2, 0.25) is 0 Å². The van der Waals surface area contributed by atoms with E-state index >= 15 is 0 Å². The molecule has 1 rings (SSSR count). The second kappa shape index (κ2) is 5.13. The molecule has 0 heterocycles. The van der Waals surface area contributed by atoms with Crippen LogP contribution in [0.5, 0.6) is 0 Å². The van der Waals surface area contributed by atoms with Crippen LogP contribution >= 0.6 is 0 Å². The van der Waals surface area contributed by atoms with Gasteiger partial charge in [0.05, 0.1) is 12.5 Å². The van der Waals surface area contributed by atoms with Gasteiger partial charge in [0, 0.05) is 6.42 Å². The molecule has 0 atom stereocenters. The number of nitrogens with zero attached hydrogens (tertiary/aromatic N) is 1. The van der Waals surface area contributed by atoms with Gasteiger partial charge in [-0.2, -0.15) is 5.26 Å². The molecule has 0 aliphatic carbocycles. The number of nitriles is 1. The first kappa shape index (κ1) is 10.4. The zero-order valence-electron chi connectivity index (χ0n) is 7.66. The molecule has 0 saturated heterocycles. The molecule has 0 aliphatic heterocycles. The van der Waals surface area contributed by atoms with Crippen molar-refractivity contribution in [2.45, 2.75) is 19.3 Å². The summed E-state index contributed by atoms with van der Waals surface area (Å²) in [6, 6.07) is 7.83. The van der Waals surface area contributed by atoms with Gasteiger partial charge in [-0.25, -0.2) is 4.39 Å². The summed E-state index contributed by atoms with van der Waals surface area (Å²) in [6.45, 7) is 0. The van der Waals surface area contributed by atoms with E-state index in [4.69, 9.17) is 5.26 Å². The van der Waals surface area contributed by atoms with E-state index in [1.165, 1.54) is 12.1 Å². The predicted molar refractivity (Wildman–Crippen MR) is 50.0 cm³/mol. The van der Waals surface area contributed by atoms with Crippen LogP contribution < -0.4 is 0 Å². The number of aryl methyl sites for hydroxylation is 1. The maximum absolute atomic E-state index is 12.5. The summed E-state index contributed by atoms with van der Waals surface area (Å²) in [5.74, 6) is -0.353. The summed E-state index contributed by atoms with van der Waals surface area (Å²) in [4.78, 5) is 11.0. The second-order valence-corrected chi connectivity index (χ2v) is 3.00. The van der Waals surface area contributed by atoms with E-state index in [0.717, 1.165) is 5.56 Å². The minimum Gasteiger partial charge on any atom is -0.299 e. The van der Waals surface area contributed by atoms with Crippen LogP contribution in [0.25, 0.3) is 0 Å². The Morgan fingerprint density at radius 2 is 2.00 bits per heavy atom. The van der Waals surface area contributed by atoms with Crippen molar-refractivity contribution >= 4 is 5.78 Å². The lowest BCUT2D eigenvalue weighted by atomic mass is 10.1. The van der Waals surface area contributed by atoms with Crippen molar-refractivity contribution in [1.82, 2.24) is 0 Å². The molecule has 0 unspecified atom stereocenters. The summed E-state index contributed by atoms with van der Waals surface area (Å²) in [5, 5.41) is 8.25. The summed E-state index contributed by atoms with van der Waals surface area (Å²) < 4.78 is 12.5. The fourth-order valence-corrected chi connectivity index (χ4v) is 1.11. The molecular weight excluding hydrogens is 181 g/mol. The van der Waals surface area contributed by atoms with Gasteiger partial charge in [0.25, 0.3) is 0 Å². The fourth-order valence-electron chi connectivity index (χ4n) is 1.11. The highest BCUT2D eigenvalue weighted by Crippen LogP contribution is 2.06. The third-order valence-electron chi connectivity index (χ3n) is 1.88. The molecule has 1 aromatic rings. The SMILES string of the molecule is N#CCC(=O)CCc1ccc(F)cc1. The molecule has 0 spiro atoms. The topological polar surface area (TPSA) is 40.9 Å². The monoisotopic (exact) mass is 191 g/mol. The van der Waals surface area contributed by atoms with E-state index in [2.05, 4.69) is 0 Å². The summed E-state index contributed by atoms with van der Waals surface area (Å²) >= 11 is 0. The number of carbonyl (C=O) groups is 1. The maximum atomic E-state index is 12.5. The molecule has 0 N–H and O–H groups in total. The van der Waals surface area contributed by atoms with Gasteiger partial charge >= 0.3 is 0 Å². The molecule has 0 aromatic heterocycles. The molecule has 3 heteroatoms. The molecule has 14 heavy (non-hydrogen) atoms. The number of rotatable bonds is 4. The van der Waals surface area contributed by atoms with Crippen molar-refractivity contribution in [3.63, 3.8) is 0 Å². The predicted octanol–water partition coefficient (Wildman–Crippen LogP) is 2.24. The Morgan fingerprint density at radius 1 is 1.36 bits per heavy atom. The van der Waals surface area contributed by atoms with Crippen LogP contribution in [0.1, 0.15) is 18.4 Å². The second-order valence-electron chi connectivity index (χ2n) is 3.00. The van der Waals surface area contributed by atoms with E-state index in [0.29, 0.717) is 12.8 Å². The largest absolute Gasteiger partial charge is 0.299 e. The van der Waals surface area contributed by atoms with Crippen LogP contribution in [0.2, 0.25) is 0 Å². The molecule has 0 aliphatic rings. The Labute approximate surface area is 82.0 Å². The highest BCUT2D eigenvalue weighted by molar-refractivity contribution is 5.80. The lowest BCUT2D eigenvalue weighted by molar-refractivity contribution is -0.118. The van der Waals surface area contributed by atoms with Crippen LogP contribution in [0.4, 0.5) is 4.39 Å². The zero-order chi connectivity index (χ0) is 10.4. The van der Waals surface area contributed by atoms with Gasteiger partial charge in [0.15, 0.2) is 0 Å². The van der Waals surface area contributed by atoms with Crippen LogP contribution in [-0.2, 0) is 11.2 Å². The number of carbonyl (C=O) groups excluding carboxylic acids is 1. The first-order valence-corrected chi connectivity index (χ1v) is 4.35. The summed E-state index contributed by atoms with van der Waals surface area (Å²) in [5.41, 5.74) is 0.915. The molecule has 0 fully saturated rings. The molecule has 2 nitrogen and oxygen atoms in total. The van der Waals surface area contributed by atoms with Gasteiger partial charge in [-0.05, 0) is 24.1 Å². The molecule has 72 valence electrons.